The molecule has 0 saturated carbocycles. The van der Waals surface area contributed by atoms with E-state index in [-0.39, 0.29) is 4.90 Å². The maximum Gasteiger partial charge on any atom is 0.324 e. The van der Waals surface area contributed by atoms with Crippen LogP contribution in [0.2, 0.25) is 0 Å². The largest absolute Gasteiger partial charge is 0.494 e. The van der Waals surface area contributed by atoms with E-state index in [0.717, 1.165) is 9.87 Å². The molecule has 0 amide bonds. The lowest BCUT2D eigenvalue weighted by Crippen LogP contribution is -2.36. The highest BCUT2D eigenvalue weighted by Crippen LogP contribution is 2.28. The van der Waals surface area contributed by atoms with Gasteiger partial charge in [0, 0.05) is 0 Å². The molecule has 1 N–H and O–H groups in total. The van der Waals surface area contributed by atoms with Crippen LogP contribution in [0.5, 0.6) is 5.75 Å². The summed E-state index contributed by atoms with van der Waals surface area (Å²) >= 11 is 0. The third-order valence-corrected chi connectivity index (χ3v) is 5.41. The topological polar surface area (TPSA) is 83.9 Å². The van der Waals surface area contributed by atoms with Gasteiger partial charge in [0.2, 0.25) is 0 Å². The van der Waals surface area contributed by atoms with Crippen LogP contribution in [0.4, 0.5) is 5.69 Å². The number of carboxylic acids is 1. The van der Waals surface area contributed by atoms with Crippen molar-refractivity contribution in [1.29, 1.82) is 0 Å². The number of anilines is 1. The zero-order chi connectivity index (χ0) is 18.6. The maximum absolute atomic E-state index is 13.0. The number of ether oxygens (including phenoxy) is 1. The number of benzene rings is 2. The quantitative estimate of drug-likeness (QED) is 0.817. The molecule has 25 heavy (non-hydrogen) atoms. The number of carbonyl (C=O) groups is 1. The van der Waals surface area contributed by atoms with Crippen molar-refractivity contribution in [3.63, 3.8) is 0 Å². The lowest BCUT2D eigenvalue weighted by atomic mass is 10.1. The first-order valence-corrected chi connectivity index (χ1v) is 9.24. The molecule has 2 aromatic rings. The minimum Gasteiger partial charge on any atom is -0.494 e. The van der Waals surface area contributed by atoms with Crippen LogP contribution in [0.3, 0.4) is 0 Å². The molecule has 0 aliphatic rings. The molecule has 134 valence electrons. The highest BCUT2D eigenvalue weighted by Gasteiger charge is 2.28. The lowest BCUT2D eigenvalue weighted by Gasteiger charge is -2.25. The summed E-state index contributed by atoms with van der Waals surface area (Å²) < 4.78 is 32.3. The average molecular weight is 363 g/mol. The number of aryl methyl sites for hydroxylation is 2. The van der Waals surface area contributed by atoms with Crippen LogP contribution in [0.25, 0.3) is 0 Å². The Morgan fingerprint density at radius 1 is 1.12 bits per heavy atom. The molecule has 7 heteroatoms. The number of hydrogen-bond acceptors (Lipinski definition) is 4. The van der Waals surface area contributed by atoms with Gasteiger partial charge in [-0.1, -0.05) is 12.1 Å². The van der Waals surface area contributed by atoms with Gasteiger partial charge < -0.3 is 9.84 Å². The molecule has 0 spiro atoms. The van der Waals surface area contributed by atoms with Crippen LogP contribution >= 0.6 is 0 Å². The van der Waals surface area contributed by atoms with E-state index >= 15 is 0 Å². The molecule has 0 radical (unpaired) electrons. The van der Waals surface area contributed by atoms with Crippen LogP contribution in [-0.4, -0.2) is 32.6 Å². The number of hydrogen-bond donors (Lipinski definition) is 1. The molecule has 0 atom stereocenters. The standard InChI is InChI=1S/C18H21NO5S/c1-4-24-15-7-9-16(10-8-15)25(22,23)19(12-18(20)21)17-11-13(2)5-6-14(17)3/h5-11H,4,12H2,1-3H3,(H,20,21). The van der Waals surface area contributed by atoms with Gasteiger partial charge in [-0.15, -0.1) is 0 Å². The zero-order valence-corrected chi connectivity index (χ0v) is 15.2. The van der Waals surface area contributed by atoms with E-state index in [1.54, 1.807) is 31.2 Å². The van der Waals surface area contributed by atoms with Gasteiger partial charge in [-0.05, 0) is 62.2 Å². The second-order valence-electron chi connectivity index (χ2n) is 5.60. The van der Waals surface area contributed by atoms with Crippen molar-refractivity contribution in [2.45, 2.75) is 25.7 Å². The van der Waals surface area contributed by atoms with Crippen LogP contribution in [-0.2, 0) is 14.8 Å². The van der Waals surface area contributed by atoms with Gasteiger partial charge >= 0.3 is 5.97 Å². The third-order valence-electron chi connectivity index (χ3n) is 3.63. The van der Waals surface area contributed by atoms with E-state index in [9.17, 15) is 18.3 Å². The van der Waals surface area contributed by atoms with Gasteiger partial charge in [-0.2, -0.15) is 0 Å². The van der Waals surface area contributed by atoms with Crippen LogP contribution < -0.4 is 9.04 Å². The SMILES string of the molecule is CCOc1ccc(S(=O)(=O)N(CC(=O)O)c2cc(C)ccc2C)cc1. The zero-order valence-electron chi connectivity index (χ0n) is 14.4. The molecule has 0 fully saturated rings. The van der Waals surface area contributed by atoms with Gasteiger partial charge in [0.25, 0.3) is 10.0 Å². The van der Waals surface area contributed by atoms with E-state index in [4.69, 9.17) is 4.74 Å². The second kappa shape index (κ2) is 7.57. The lowest BCUT2D eigenvalue weighted by molar-refractivity contribution is -0.135. The van der Waals surface area contributed by atoms with Crippen molar-refractivity contribution >= 4 is 21.7 Å². The highest BCUT2D eigenvalue weighted by atomic mass is 32.2. The number of sulfonamides is 1. The summed E-state index contributed by atoms with van der Waals surface area (Å²) in [5.74, 6) is -0.673. The molecule has 0 saturated heterocycles. The Kier molecular flexibility index (Phi) is 5.69. The summed E-state index contributed by atoms with van der Waals surface area (Å²) in [6, 6.07) is 11.2. The van der Waals surface area contributed by atoms with Crippen LogP contribution in [0, 0.1) is 13.8 Å². The predicted molar refractivity (Wildman–Crippen MR) is 95.7 cm³/mol. The van der Waals surface area contributed by atoms with E-state index < -0.39 is 22.5 Å². The first kappa shape index (κ1) is 18.8. The second-order valence-corrected chi connectivity index (χ2v) is 7.46. The Bertz CT molecular complexity index is 860. The fourth-order valence-corrected chi connectivity index (χ4v) is 3.88. The van der Waals surface area contributed by atoms with Crippen molar-refractivity contribution in [3.05, 3.63) is 53.6 Å². The number of rotatable bonds is 7. The predicted octanol–water partition coefficient (Wildman–Crippen LogP) is 2.98. The van der Waals surface area contributed by atoms with Crippen LogP contribution in [0.1, 0.15) is 18.1 Å². The summed E-state index contributed by atoms with van der Waals surface area (Å²) in [7, 11) is -4.02. The van der Waals surface area contributed by atoms with Gasteiger partial charge in [0.1, 0.15) is 12.3 Å². The van der Waals surface area contributed by atoms with E-state index in [2.05, 4.69) is 0 Å². The van der Waals surface area contributed by atoms with Crippen LogP contribution in [0.15, 0.2) is 47.4 Å². The molecular weight excluding hydrogens is 342 g/mol. The van der Waals surface area contributed by atoms with E-state index in [1.165, 1.54) is 12.1 Å². The van der Waals surface area contributed by atoms with Gasteiger partial charge in [0.15, 0.2) is 0 Å². The van der Waals surface area contributed by atoms with Crippen molar-refractivity contribution in [2.24, 2.45) is 0 Å². The minimum atomic E-state index is -4.02. The molecule has 6 nitrogen and oxygen atoms in total. The monoisotopic (exact) mass is 363 g/mol. The normalized spacial score (nSPS) is 11.2. The Labute approximate surface area is 147 Å². The van der Waals surface area contributed by atoms with Gasteiger partial charge in [-0.3, -0.25) is 9.10 Å². The Morgan fingerprint density at radius 3 is 2.32 bits per heavy atom. The summed E-state index contributed by atoms with van der Waals surface area (Å²) in [5, 5.41) is 9.20. The highest BCUT2D eigenvalue weighted by molar-refractivity contribution is 7.92. The molecule has 0 bridgehead atoms. The van der Waals surface area contributed by atoms with E-state index in [1.807, 2.05) is 19.9 Å². The summed E-state index contributed by atoms with van der Waals surface area (Å²) in [4.78, 5) is 11.3. The first-order chi connectivity index (χ1) is 11.8. The molecule has 0 aliphatic carbocycles. The minimum absolute atomic E-state index is 0.0121. The smallest absolute Gasteiger partial charge is 0.324 e. The molecule has 2 rings (SSSR count). The molecule has 0 unspecified atom stereocenters. The fraction of sp³-hybridized carbons (Fsp3) is 0.278. The molecule has 0 aromatic heterocycles. The van der Waals surface area contributed by atoms with Gasteiger partial charge in [-0.25, -0.2) is 8.42 Å². The molecule has 0 aliphatic heterocycles. The fourth-order valence-electron chi connectivity index (χ4n) is 2.41. The van der Waals surface area contributed by atoms with Crippen molar-refractivity contribution < 1.29 is 23.1 Å². The van der Waals surface area contributed by atoms with Crippen molar-refractivity contribution in [2.75, 3.05) is 17.5 Å². The Morgan fingerprint density at radius 2 is 1.76 bits per heavy atom. The molecule has 2 aromatic carbocycles. The Hall–Kier alpha value is -2.54. The first-order valence-electron chi connectivity index (χ1n) is 7.80. The van der Waals surface area contributed by atoms with E-state index in [0.29, 0.717) is 23.6 Å². The molecule has 0 heterocycles. The number of nitrogens with zero attached hydrogens (tertiary/aromatic N) is 1. The third kappa shape index (κ3) is 4.30. The summed E-state index contributed by atoms with van der Waals surface area (Å²) in [6.45, 7) is 5.22. The Balaban J connectivity index is 2.52. The average Bonchev–Trinajstić information content (AvgIpc) is 2.55. The maximum atomic E-state index is 13.0. The van der Waals surface area contributed by atoms with Crippen molar-refractivity contribution in [1.82, 2.24) is 0 Å². The summed E-state index contributed by atoms with van der Waals surface area (Å²) in [6.07, 6.45) is 0. The van der Waals surface area contributed by atoms with Gasteiger partial charge in [0.05, 0.1) is 17.2 Å². The number of aliphatic carboxylic acids is 1. The molecular formula is C18H21NO5S. The van der Waals surface area contributed by atoms with Crippen molar-refractivity contribution in [3.8, 4) is 5.75 Å². The summed E-state index contributed by atoms with van der Waals surface area (Å²) in [5.41, 5.74) is 1.88. The number of carboxylic acid groups (broad SMARTS) is 1.